The number of carbonyl (C=O) groups excluding carboxylic acids is 2. The van der Waals surface area contributed by atoms with Crippen LogP contribution in [0.25, 0.3) is 0 Å². The summed E-state index contributed by atoms with van der Waals surface area (Å²) in [4.78, 5) is 27.4. The Labute approximate surface area is 159 Å². The molecule has 0 aromatic heterocycles. The number of methoxy groups -OCH3 is 1. The molecule has 4 atom stereocenters. The molecule has 2 aromatic carbocycles. The second-order valence-electron chi connectivity index (χ2n) is 7.14. The predicted molar refractivity (Wildman–Crippen MR) is 104 cm³/mol. The molecule has 2 aliphatic rings. The molecule has 2 aromatic rings. The number of esters is 1. The van der Waals surface area contributed by atoms with Crippen LogP contribution in [0.5, 0.6) is 0 Å². The van der Waals surface area contributed by atoms with Crippen molar-refractivity contribution in [1.82, 2.24) is 0 Å². The van der Waals surface area contributed by atoms with Gasteiger partial charge in [-0.25, -0.2) is 0 Å². The number of allylic oxidation sites excluding steroid dienone is 2. The highest BCUT2D eigenvalue weighted by atomic mass is 16.5. The summed E-state index contributed by atoms with van der Waals surface area (Å²) in [7, 11) is 1.42. The number of ether oxygens (including phenoxy) is 1. The number of para-hydroxylation sites is 1. The first-order valence-electron chi connectivity index (χ1n) is 9.40. The van der Waals surface area contributed by atoms with Crippen LogP contribution in [0.15, 0.2) is 72.8 Å². The van der Waals surface area contributed by atoms with Gasteiger partial charge in [0.05, 0.1) is 25.0 Å². The van der Waals surface area contributed by atoms with E-state index in [2.05, 4.69) is 18.2 Å². The zero-order valence-electron chi connectivity index (χ0n) is 15.3. The van der Waals surface area contributed by atoms with Crippen molar-refractivity contribution in [2.75, 3.05) is 12.0 Å². The zero-order valence-corrected chi connectivity index (χ0v) is 15.3. The number of amides is 1. The summed E-state index contributed by atoms with van der Waals surface area (Å²) in [5.41, 5.74) is 1.98. The van der Waals surface area contributed by atoms with Gasteiger partial charge in [0, 0.05) is 11.6 Å². The maximum Gasteiger partial charge on any atom is 0.309 e. The fourth-order valence-corrected chi connectivity index (χ4v) is 4.42. The summed E-state index contributed by atoms with van der Waals surface area (Å²) in [6, 6.07) is 19.7. The molecule has 4 heteroatoms. The van der Waals surface area contributed by atoms with E-state index in [1.807, 2.05) is 59.5 Å². The Morgan fingerprint density at radius 2 is 1.70 bits per heavy atom. The lowest BCUT2D eigenvalue weighted by Crippen LogP contribution is -2.59. The van der Waals surface area contributed by atoms with E-state index in [0.717, 1.165) is 24.1 Å². The molecule has 1 aliphatic heterocycles. The highest BCUT2D eigenvalue weighted by molar-refractivity contribution is 6.04. The number of carbonyl (C=O) groups is 2. The average molecular weight is 361 g/mol. The molecular weight excluding hydrogens is 338 g/mol. The second-order valence-corrected chi connectivity index (χ2v) is 7.14. The number of nitrogens with zero attached hydrogens (tertiary/aromatic N) is 1. The lowest BCUT2D eigenvalue weighted by atomic mass is 9.67. The number of anilines is 1. The monoisotopic (exact) mass is 361 g/mol. The summed E-state index contributed by atoms with van der Waals surface area (Å²) in [5.74, 6) is -0.808. The largest absolute Gasteiger partial charge is 0.469 e. The topological polar surface area (TPSA) is 46.6 Å². The van der Waals surface area contributed by atoms with Gasteiger partial charge in [-0.2, -0.15) is 0 Å². The minimum Gasteiger partial charge on any atom is -0.469 e. The van der Waals surface area contributed by atoms with Crippen LogP contribution < -0.4 is 4.90 Å². The molecule has 0 saturated carbocycles. The fourth-order valence-electron chi connectivity index (χ4n) is 4.42. The average Bonchev–Trinajstić information content (AvgIpc) is 2.73. The van der Waals surface area contributed by atoms with E-state index in [-0.39, 0.29) is 35.7 Å². The first kappa shape index (κ1) is 17.5. The molecule has 1 saturated heterocycles. The standard InChI is InChI=1S/C23H23NO3/c1-27-23(26)19-15-9-8-14-18(19)20-21(16-10-4-2-5-11-16)24(22(20)25)17-12-6-3-7-13-17/h2-8,10-14,18-21H,9,15H2,1H3/t18-,19+,20+,21+/m0/s1. The molecule has 0 bridgehead atoms. The van der Waals surface area contributed by atoms with Crippen LogP contribution in [-0.4, -0.2) is 19.0 Å². The van der Waals surface area contributed by atoms with Gasteiger partial charge >= 0.3 is 5.97 Å². The lowest BCUT2D eigenvalue weighted by Gasteiger charge is -2.51. The molecule has 138 valence electrons. The molecule has 27 heavy (non-hydrogen) atoms. The third-order valence-corrected chi connectivity index (χ3v) is 5.70. The normalized spacial score (nSPS) is 27.1. The van der Waals surface area contributed by atoms with Crippen molar-refractivity contribution >= 4 is 17.6 Å². The summed E-state index contributed by atoms with van der Waals surface area (Å²) >= 11 is 0. The van der Waals surface area contributed by atoms with Gasteiger partial charge in [-0.1, -0.05) is 60.7 Å². The predicted octanol–water partition coefficient (Wildman–Crippen LogP) is 4.15. The number of hydrogen-bond donors (Lipinski definition) is 0. The van der Waals surface area contributed by atoms with Crippen molar-refractivity contribution in [2.45, 2.75) is 18.9 Å². The Morgan fingerprint density at radius 1 is 1.04 bits per heavy atom. The molecule has 0 spiro atoms. The van der Waals surface area contributed by atoms with Crippen molar-refractivity contribution in [3.05, 3.63) is 78.4 Å². The van der Waals surface area contributed by atoms with Gasteiger partial charge in [-0.3, -0.25) is 9.59 Å². The van der Waals surface area contributed by atoms with Crippen LogP contribution in [0.1, 0.15) is 24.4 Å². The minimum atomic E-state index is -0.266. The third-order valence-electron chi connectivity index (χ3n) is 5.70. The van der Waals surface area contributed by atoms with Crippen LogP contribution in [0.2, 0.25) is 0 Å². The van der Waals surface area contributed by atoms with Crippen LogP contribution in [0, 0.1) is 17.8 Å². The maximum atomic E-state index is 13.2. The summed E-state index contributed by atoms with van der Waals surface area (Å²) in [6.45, 7) is 0. The van der Waals surface area contributed by atoms with E-state index in [0.29, 0.717) is 0 Å². The molecule has 1 fully saturated rings. The number of benzene rings is 2. The van der Waals surface area contributed by atoms with Crippen LogP contribution in [0.3, 0.4) is 0 Å². The Balaban J connectivity index is 1.73. The van der Waals surface area contributed by atoms with Crippen molar-refractivity contribution in [2.24, 2.45) is 17.8 Å². The Hall–Kier alpha value is -2.88. The Kier molecular flexibility index (Phi) is 4.80. The molecule has 1 heterocycles. The quantitative estimate of drug-likeness (QED) is 0.467. The zero-order chi connectivity index (χ0) is 18.8. The van der Waals surface area contributed by atoms with E-state index in [9.17, 15) is 9.59 Å². The SMILES string of the molecule is COC(=O)[C@@H]1CCC=C[C@@H]1[C@H]1C(=O)N(c2ccccc2)[C@@H]1c1ccccc1. The van der Waals surface area contributed by atoms with E-state index >= 15 is 0 Å². The van der Waals surface area contributed by atoms with Gasteiger partial charge in [0.25, 0.3) is 0 Å². The molecule has 4 nitrogen and oxygen atoms in total. The van der Waals surface area contributed by atoms with E-state index in [1.165, 1.54) is 7.11 Å². The lowest BCUT2D eigenvalue weighted by molar-refractivity contribution is -0.149. The maximum absolute atomic E-state index is 13.2. The highest BCUT2D eigenvalue weighted by Crippen LogP contribution is 2.50. The number of β-lactam (4-membered cyclic amide) rings is 1. The van der Waals surface area contributed by atoms with E-state index in [1.54, 1.807) is 0 Å². The third kappa shape index (κ3) is 3.05. The smallest absolute Gasteiger partial charge is 0.309 e. The van der Waals surface area contributed by atoms with Crippen LogP contribution >= 0.6 is 0 Å². The van der Waals surface area contributed by atoms with Gasteiger partial charge in [-0.15, -0.1) is 0 Å². The summed E-state index contributed by atoms with van der Waals surface area (Å²) in [5, 5.41) is 0. The van der Waals surface area contributed by atoms with Crippen LogP contribution in [-0.2, 0) is 14.3 Å². The summed E-state index contributed by atoms with van der Waals surface area (Å²) in [6.07, 6.45) is 5.70. The summed E-state index contributed by atoms with van der Waals surface area (Å²) < 4.78 is 5.03. The first-order valence-corrected chi connectivity index (χ1v) is 9.40. The first-order chi connectivity index (χ1) is 13.2. The van der Waals surface area contributed by atoms with Crippen molar-refractivity contribution in [3.63, 3.8) is 0 Å². The van der Waals surface area contributed by atoms with Gasteiger partial charge in [0.15, 0.2) is 0 Å². The second kappa shape index (κ2) is 7.39. The molecule has 0 radical (unpaired) electrons. The molecule has 1 amide bonds. The van der Waals surface area contributed by atoms with Gasteiger partial charge in [0.2, 0.25) is 5.91 Å². The van der Waals surface area contributed by atoms with E-state index in [4.69, 9.17) is 4.74 Å². The molecule has 4 rings (SSSR count). The fraction of sp³-hybridized carbons (Fsp3) is 0.304. The molecule has 1 aliphatic carbocycles. The Morgan fingerprint density at radius 3 is 2.37 bits per heavy atom. The van der Waals surface area contributed by atoms with Crippen molar-refractivity contribution in [3.8, 4) is 0 Å². The van der Waals surface area contributed by atoms with Gasteiger partial charge in [-0.05, 0) is 30.5 Å². The van der Waals surface area contributed by atoms with E-state index < -0.39 is 0 Å². The van der Waals surface area contributed by atoms with Crippen molar-refractivity contribution < 1.29 is 14.3 Å². The molecule has 0 N–H and O–H groups in total. The molecule has 0 unspecified atom stereocenters. The highest BCUT2D eigenvalue weighted by Gasteiger charge is 2.54. The van der Waals surface area contributed by atoms with Crippen LogP contribution in [0.4, 0.5) is 5.69 Å². The van der Waals surface area contributed by atoms with Gasteiger partial charge in [0.1, 0.15) is 0 Å². The molecular formula is C23H23NO3. The minimum absolute atomic E-state index is 0.0699. The Bertz CT molecular complexity index is 846. The number of rotatable bonds is 4. The van der Waals surface area contributed by atoms with Crippen molar-refractivity contribution in [1.29, 1.82) is 0 Å². The van der Waals surface area contributed by atoms with Gasteiger partial charge < -0.3 is 9.64 Å². The number of hydrogen-bond acceptors (Lipinski definition) is 3.